The number of benzene rings is 1. The van der Waals surface area contributed by atoms with Crippen molar-refractivity contribution in [1.82, 2.24) is 5.32 Å². The molecule has 104 valence electrons. The average Bonchev–Trinajstić information content (AvgIpc) is 2.27. The van der Waals surface area contributed by atoms with Gasteiger partial charge < -0.3 is 10.4 Å². The van der Waals surface area contributed by atoms with Crippen molar-refractivity contribution in [3.63, 3.8) is 0 Å². The standard InChI is InChI=1S/C13H15F2NO3/c1-8(3-2-4-12(17)18)16-13(19)10-6-5-9(14)7-11(10)15/h5-8H,2-4H2,1H3,(H,16,19)(H,17,18). The lowest BCUT2D eigenvalue weighted by molar-refractivity contribution is -0.137. The Hall–Kier alpha value is -1.98. The Bertz CT molecular complexity index is 477. The summed E-state index contributed by atoms with van der Waals surface area (Å²) >= 11 is 0. The number of nitrogens with one attached hydrogen (secondary N) is 1. The molecule has 1 amide bonds. The van der Waals surface area contributed by atoms with Gasteiger partial charge in [-0.2, -0.15) is 0 Å². The Labute approximate surface area is 109 Å². The summed E-state index contributed by atoms with van der Waals surface area (Å²) in [6, 6.07) is 2.44. The maximum atomic E-state index is 13.3. The third kappa shape index (κ3) is 5.03. The van der Waals surface area contributed by atoms with Crippen molar-refractivity contribution in [3.05, 3.63) is 35.4 Å². The van der Waals surface area contributed by atoms with Crippen LogP contribution in [0.1, 0.15) is 36.5 Å². The highest BCUT2D eigenvalue weighted by molar-refractivity contribution is 5.94. The van der Waals surface area contributed by atoms with Gasteiger partial charge in [0, 0.05) is 18.5 Å². The Morgan fingerprint density at radius 1 is 1.37 bits per heavy atom. The lowest BCUT2D eigenvalue weighted by atomic mass is 10.1. The van der Waals surface area contributed by atoms with Crippen molar-refractivity contribution in [2.24, 2.45) is 0 Å². The predicted molar refractivity (Wildman–Crippen MR) is 64.8 cm³/mol. The molecule has 4 nitrogen and oxygen atoms in total. The lowest BCUT2D eigenvalue weighted by Gasteiger charge is -2.13. The maximum Gasteiger partial charge on any atom is 0.303 e. The fourth-order valence-corrected chi connectivity index (χ4v) is 1.61. The van der Waals surface area contributed by atoms with E-state index in [0.717, 1.165) is 12.1 Å². The van der Waals surface area contributed by atoms with Gasteiger partial charge in [0.1, 0.15) is 11.6 Å². The molecular formula is C13H15F2NO3. The van der Waals surface area contributed by atoms with E-state index in [2.05, 4.69) is 5.32 Å². The molecule has 1 rings (SSSR count). The summed E-state index contributed by atoms with van der Waals surface area (Å²) in [7, 11) is 0. The Morgan fingerprint density at radius 2 is 2.05 bits per heavy atom. The van der Waals surface area contributed by atoms with Crippen LogP contribution in [0.25, 0.3) is 0 Å². The number of carbonyl (C=O) groups is 2. The number of amides is 1. The third-order valence-corrected chi connectivity index (χ3v) is 2.58. The number of carbonyl (C=O) groups excluding carboxylic acids is 1. The molecule has 1 unspecified atom stereocenters. The zero-order chi connectivity index (χ0) is 14.4. The van der Waals surface area contributed by atoms with Gasteiger partial charge in [0.25, 0.3) is 5.91 Å². The van der Waals surface area contributed by atoms with Gasteiger partial charge in [0.15, 0.2) is 0 Å². The molecule has 1 atom stereocenters. The molecular weight excluding hydrogens is 256 g/mol. The summed E-state index contributed by atoms with van der Waals surface area (Å²) in [5.74, 6) is -3.21. The molecule has 0 spiro atoms. The SMILES string of the molecule is CC(CCCC(=O)O)NC(=O)c1ccc(F)cc1F. The van der Waals surface area contributed by atoms with E-state index in [1.807, 2.05) is 0 Å². The van der Waals surface area contributed by atoms with Crippen LogP contribution in [0.5, 0.6) is 0 Å². The molecule has 0 saturated heterocycles. The van der Waals surface area contributed by atoms with Crippen LogP contribution in [0.4, 0.5) is 8.78 Å². The molecule has 0 radical (unpaired) electrons. The van der Waals surface area contributed by atoms with Crippen LogP contribution in [-0.2, 0) is 4.79 Å². The molecule has 0 fully saturated rings. The van der Waals surface area contributed by atoms with E-state index in [0.29, 0.717) is 18.9 Å². The van der Waals surface area contributed by atoms with E-state index in [4.69, 9.17) is 5.11 Å². The van der Waals surface area contributed by atoms with Gasteiger partial charge in [-0.05, 0) is 31.9 Å². The predicted octanol–water partition coefficient (Wildman–Crippen LogP) is 2.34. The van der Waals surface area contributed by atoms with Crippen molar-refractivity contribution in [2.75, 3.05) is 0 Å². The Kier molecular flexibility index (Phi) is 5.41. The van der Waals surface area contributed by atoms with E-state index in [9.17, 15) is 18.4 Å². The van der Waals surface area contributed by atoms with Crippen LogP contribution < -0.4 is 5.32 Å². The number of carboxylic acid groups (broad SMARTS) is 1. The number of halogens is 2. The van der Waals surface area contributed by atoms with E-state index in [1.165, 1.54) is 0 Å². The van der Waals surface area contributed by atoms with Gasteiger partial charge in [-0.1, -0.05) is 0 Å². The molecule has 0 bridgehead atoms. The summed E-state index contributed by atoms with van der Waals surface area (Å²) in [6.07, 6.45) is 0.911. The van der Waals surface area contributed by atoms with Crippen LogP contribution in [0.3, 0.4) is 0 Å². The highest BCUT2D eigenvalue weighted by Gasteiger charge is 2.14. The molecule has 0 aliphatic rings. The van der Waals surface area contributed by atoms with Gasteiger partial charge in [0.05, 0.1) is 5.56 Å². The zero-order valence-corrected chi connectivity index (χ0v) is 10.5. The van der Waals surface area contributed by atoms with Crippen molar-refractivity contribution >= 4 is 11.9 Å². The molecule has 0 heterocycles. The molecule has 2 N–H and O–H groups in total. The molecule has 0 aliphatic heterocycles. The minimum atomic E-state index is -0.921. The first kappa shape index (κ1) is 15.1. The van der Waals surface area contributed by atoms with Crippen LogP contribution in [0.2, 0.25) is 0 Å². The van der Waals surface area contributed by atoms with Gasteiger partial charge >= 0.3 is 5.97 Å². The van der Waals surface area contributed by atoms with Crippen LogP contribution in [-0.4, -0.2) is 23.0 Å². The Balaban J connectivity index is 2.52. The van der Waals surface area contributed by atoms with E-state index >= 15 is 0 Å². The fourth-order valence-electron chi connectivity index (χ4n) is 1.61. The molecule has 0 aromatic heterocycles. The first-order valence-electron chi connectivity index (χ1n) is 5.88. The topological polar surface area (TPSA) is 66.4 Å². The summed E-state index contributed by atoms with van der Waals surface area (Å²) in [5, 5.41) is 11.0. The molecule has 0 aliphatic carbocycles. The fraction of sp³-hybridized carbons (Fsp3) is 0.385. The molecule has 6 heteroatoms. The smallest absolute Gasteiger partial charge is 0.303 e. The van der Waals surface area contributed by atoms with Crippen molar-refractivity contribution in [2.45, 2.75) is 32.2 Å². The van der Waals surface area contributed by atoms with E-state index in [-0.39, 0.29) is 18.0 Å². The summed E-state index contributed by atoms with van der Waals surface area (Å²) in [6.45, 7) is 1.70. The average molecular weight is 271 g/mol. The van der Waals surface area contributed by atoms with Crippen LogP contribution >= 0.6 is 0 Å². The van der Waals surface area contributed by atoms with Gasteiger partial charge in [-0.25, -0.2) is 8.78 Å². The zero-order valence-electron chi connectivity index (χ0n) is 10.5. The minimum Gasteiger partial charge on any atom is -0.481 e. The van der Waals surface area contributed by atoms with Crippen molar-refractivity contribution < 1.29 is 23.5 Å². The summed E-state index contributed by atoms with van der Waals surface area (Å²) < 4.78 is 26.0. The minimum absolute atomic E-state index is 0.0190. The number of aliphatic carboxylic acids is 1. The highest BCUT2D eigenvalue weighted by atomic mass is 19.1. The van der Waals surface area contributed by atoms with Crippen LogP contribution in [0.15, 0.2) is 18.2 Å². The number of hydrogen-bond acceptors (Lipinski definition) is 2. The second-order valence-corrected chi connectivity index (χ2v) is 4.28. The first-order valence-corrected chi connectivity index (χ1v) is 5.88. The second kappa shape index (κ2) is 6.82. The monoisotopic (exact) mass is 271 g/mol. The lowest BCUT2D eigenvalue weighted by Crippen LogP contribution is -2.33. The van der Waals surface area contributed by atoms with Crippen molar-refractivity contribution in [3.8, 4) is 0 Å². The Morgan fingerprint density at radius 3 is 2.63 bits per heavy atom. The summed E-state index contributed by atoms with van der Waals surface area (Å²) in [5.41, 5.74) is -0.230. The number of carboxylic acids is 1. The molecule has 1 aromatic carbocycles. The first-order chi connectivity index (χ1) is 8.90. The van der Waals surface area contributed by atoms with Crippen molar-refractivity contribution in [1.29, 1.82) is 0 Å². The molecule has 0 saturated carbocycles. The quantitative estimate of drug-likeness (QED) is 0.834. The largest absolute Gasteiger partial charge is 0.481 e. The summed E-state index contributed by atoms with van der Waals surface area (Å²) in [4.78, 5) is 22.0. The van der Waals surface area contributed by atoms with E-state index < -0.39 is 23.5 Å². The number of rotatable bonds is 6. The highest BCUT2D eigenvalue weighted by Crippen LogP contribution is 2.10. The van der Waals surface area contributed by atoms with Gasteiger partial charge in [0.2, 0.25) is 0 Å². The maximum absolute atomic E-state index is 13.3. The van der Waals surface area contributed by atoms with E-state index in [1.54, 1.807) is 6.92 Å². The molecule has 1 aromatic rings. The van der Waals surface area contributed by atoms with Gasteiger partial charge in [-0.3, -0.25) is 9.59 Å². The van der Waals surface area contributed by atoms with Gasteiger partial charge in [-0.15, -0.1) is 0 Å². The normalized spacial score (nSPS) is 11.9. The third-order valence-electron chi connectivity index (χ3n) is 2.58. The second-order valence-electron chi connectivity index (χ2n) is 4.28. The van der Waals surface area contributed by atoms with Crippen LogP contribution in [0, 0.1) is 11.6 Å². The number of hydrogen-bond donors (Lipinski definition) is 2. The molecule has 19 heavy (non-hydrogen) atoms.